The number of β-lactam (4-membered cyclic amide) rings is 1. The molecule has 3 heterocycles. The maximum atomic E-state index is 12.9. The van der Waals surface area contributed by atoms with Gasteiger partial charge in [-0.15, -0.1) is 11.6 Å². The lowest BCUT2D eigenvalue weighted by Gasteiger charge is -2.44. The standard InChI is InChI=1S/C24H18BrClN4O3/c1-33-23-18(13-15-12-16(25)6-9-19(15)27-23)21-20(26)24(32)30(21)28-22(31)14-4-7-17(8-5-14)29-10-2-3-11-29/h2-13,20-21H,1H3,(H,28,31). The second-order valence-electron chi connectivity index (χ2n) is 7.56. The number of hydrazine groups is 1. The summed E-state index contributed by atoms with van der Waals surface area (Å²) in [5.74, 6) is -0.454. The molecule has 1 aliphatic rings. The Bertz CT molecular complexity index is 1360. The fourth-order valence-electron chi connectivity index (χ4n) is 3.86. The van der Waals surface area contributed by atoms with Crippen molar-refractivity contribution in [2.24, 2.45) is 0 Å². The van der Waals surface area contributed by atoms with Crippen molar-refractivity contribution in [1.82, 2.24) is 20.0 Å². The summed E-state index contributed by atoms with van der Waals surface area (Å²) in [4.78, 5) is 30.0. The van der Waals surface area contributed by atoms with Gasteiger partial charge in [-0.05, 0) is 60.7 Å². The van der Waals surface area contributed by atoms with Crippen molar-refractivity contribution < 1.29 is 14.3 Å². The van der Waals surface area contributed by atoms with E-state index in [4.69, 9.17) is 16.3 Å². The van der Waals surface area contributed by atoms with E-state index in [-0.39, 0.29) is 0 Å². The molecule has 2 atom stereocenters. The summed E-state index contributed by atoms with van der Waals surface area (Å²) in [5.41, 5.74) is 5.39. The Morgan fingerprint density at radius 2 is 1.85 bits per heavy atom. The van der Waals surface area contributed by atoms with Gasteiger partial charge >= 0.3 is 0 Å². The number of carbonyl (C=O) groups is 2. The van der Waals surface area contributed by atoms with E-state index >= 15 is 0 Å². The van der Waals surface area contributed by atoms with Gasteiger partial charge in [0.1, 0.15) is 11.4 Å². The normalized spacial score (nSPS) is 17.7. The minimum absolute atomic E-state index is 0.350. The first kappa shape index (κ1) is 21.5. The lowest BCUT2D eigenvalue weighted by atomic mass is 9.95. The van der Waals surface area contributed by atoms with Crippen LogP contribution < -0.4 is 10.2 Å². The van der Waals surface area contributed by atoms with Crippen molar-refractivity contribution in [2.75, 3.05) is 7.11 Å². The van der Waals surface area contributed by atoms with Gasteiger partial charge in [-0.3, -0.25) is 15.0 Å². The molecular weight excluding hydrogens is 508 g/mol. The van der Waals surface area contributed by atoms with Gasteiger partial charge in [0, 0.05) is 39.1 Å². The lowest BCUT2D eigenvalue weighted by molar-refractivity contribution is -0.149. The number of alkyl halides is 1. The largest absolute Gasteiger partial charge is 0.481 e. The Labute approximate surface area is 203 Å². The number of nitrogens with zero attached hydrogens (tertiary/aromatic N) is 3. The molecule has 2 aromatic carbocycles. The van der Waals surface area contributed by atoms with Crippen LogP contribution in [0, 0.1) is 0 Å². The SMILES string of the molecule is COc1nc2ccc(Br)cc2cc1C1C(Cl)C(=O)N1NC(=O)c1ccc(-n2cccc2)cc1. The minimum atomic E-state index is -0.846. The molecule has 2 unspecified atom stereocenters. The van der Waals surface area contributed by atoms with E-state index in [2.05, 4.69) is 26.3 Å². The van der Waals surface area contributed by atoms with Gasteiger partial charge in [0.2, 0.25) is 5.88 Å². The smallest absolute Gasteiger partial charge is 0.269 e. The fraction of sp³-hybridized carbons (Fsp3) is 0.125. The Hall–Kier alpha value is -3.36. The van der Waals surface area contributed by atoms with Gasteiger partial charge in [0.15, 0.2) is 0 Å². The molecule has 0 spiro atoms. The maximum Gasteiger partial charge on any atom is 0.269 e. The Morgan fingerprint density at radius 1 is 1.12 bits per heavy atom. The van der Waals surface area contributed by atoms with E-state index in [1.165, 1.54) is 12.1 Å². The zero-order chi connectivity index (χ0) is 23.1. The molecule has 1 N–H and O–H groups in total. The van der Waals surface area contributed by atoms with Crippen LogP contribution >= 0.6 is 27.5 Å². The van der Waals surface area contributed by atoms with Crippen LogP contribution in [-0.2, 0) is 4.79 Å². The molecule has 5 rings (SSSR count). The van der Waals surface area contributed by atoms with Gasteiger partial charge in [-0.2, -0.15) is 0 Å². The highest BCUT2D eigenvalue weighted by Gasteiger charge is 2.50. The maximum absolute atomic E-state index is 12.9. The summed E-state index contributed by atoms with van der Waals surface area (Å²) in [7, 11) is 1.51. The first-order valence-electron chi connectivity index (χ1n) is 10.1. The van der Waals surface area contributed by atoms with E-state index in [9.17, 15) is 9.59 Å². The highest BCUT2D eigenvalue weighted by atomic mass is 79.9. The topological polar surface area (TPSA) is 76.5 Å². The van der Waals surface area contributed by atoms with Crippen LogP contribution in [0.25, 0.3) is 16.6 Å². The number of benzene rings is 2. The van der Waals surface area contributed by atoms with Crippen molar-refractivity contribution in [3.05, 3.63) is 88.7 Å². The molecule has 166 valence electrons. The molecule has 2 aromatic heterocycles. The number of carbonyl (C=O) groups excluding carboxylic acids is 2. The molecule has 0 saturated carbocycles. The van der Waals surface area contributed by atoms with Crippen LogP contribution in [0.5, 0.6) is 5.88 Å². The van der Waals surface area contributed by atoms with Crippen LogP contribution in [0.1, 0.15) is 22.0 Å². The van der Waals surface area contributed by atoms with E-state index in [0.29, 0.717) is 17.0 Å². The highest BCUT2D eigenvalue weighted by molar-refractivity contribution is 9.10. The summed E-state index contributed by atoms with van der Waals surface area (Å²) in [6, 6.07) is 17.9. The van der Waals surface area contributed by atoms with E-state index < -0.39 is 23.2 Å². The number of halogens is 2. The van der Waals surface area contributed by atoms with Crippen molar-refractivity contribution in [1.29, 1.82) is 0 Å². The highest BCUT2D eigenvalue weighted by Crippen LogP contribution is 2.42. The molecule has 2 amide bonds. The lowest BCUT2D eigenvalue weighted by Crippen LogP contribution is -2.63. The number of fused-ring (bicyclic) bond motifs is 1. The molecule has 0 aliphatic carbocycles. The predicted octanol–water partition coefficient (Wildman–Crippen LogP) is 4.63. The van der Waals surface area contributed by atoms with Crippen molar-refractivity contribution in [2.45, 2.75) is 11.4 Å². The Morgan fingerprint density at radius 3 is 2.55 bits per heavy atom. The third-order valence-corrected chi connectivity index (χ3v) is 6.48. The number of aromatic nitrogens is 2. The number of pyridine rings is 1. The van der Waals surface area contributed by atoms with E-state index in [1.54, 1.807) is 12.1 Å². The zero-order valence-corrected chi connectivity index (χ0v) is 19.7. The first-order chi connectivity index (χ1) is 16.0. The summed E-state index contributed by atoms with van der Waals surface area (Å²) in [5, 5.41) is 1.25. The van der Waals surface area contributed by atoms with Gasteiger partial charge in [-0.25, -0.2) is 9.99 Å². The number of hydrogen-bond donors (Lipinski definition) is 1. The van der Waals surface area contributed by atoms with Crippen molar-refractivity contribution in [3.63, 3.8) is 0 Å². The molecule has 1 aliphatic heterocycles. The third-order valence-electron chi connectivity index (χ3n) is 5.56. The number of ether oxygens (including phenoxy) is 1. The molecule has 4 aromatic rings. The molecule has 0 radical (unpaired) electrons. The number of rotatable bonds is 5. The average molecular weight is 526 g/mol. The van der Waals surface area contributed by atoms with Gasteiger partial charge in [-0.1, -0.05) is 15.9 Å². The van der Waals surface area contributed by atoms with Crippen LogP contribution in [0.4, 0.5) is 0 Å². The summed E-state index contributed by atoms with van der Waals surface area (Å²) >= 11 is 9.84. The average Bonchev–Trinajstić information content (AvgIpc) is 3.38. The molecule has 0 bridgehead atoms. The quantitative estimate of drug-likeness (QED) is 0.304. The van der Waals surface area contributed by atoms with E-state index in [0.717, 1.165) is 21.1 Å². The summed E-state index contributed by atoms with van der Waals surface area (Å²) in [6.07, 6.45) is 3.84. The third kappa shape index (κ3) is 3.85. The first-order valence-corrected chi connectivity index (χ1v) is 11.3. The molecule has 1 saturated heterocycles. The van der Waals surface area contributed by atoms with Crippen LogP contribution in [0.15, 0.2) is 77.5 Å². The molecular formula is C24H18BrClN4O3. The molecule has 9 heteroatoms. The Kier molecular flexibility index (Phi) is 5.55. The summed E-state index contributed by atoms with van der Waals surface area (Å²) in [6.45, 7) is 0. The fourth-order valence-corrected chi connectivity index (χ4v) is 4.59. The second kappa shape index (κ2) is 8.53. The van der Waals surface area contributed by atoms with Gasteiger partial charge in [0.05, 0.1) is 12.6 Å². The zero-order valence-electron chi connectivity index (χ0n) is 17.4. The second-order valence-corrected chi connectivity index (χ2v) is 8.94. The molecule has 7 nitrogen and oxygen atoms in total. The number of nitrogens with one attached hydrogen (secondary N) is 1. The molecule has 1 fully saturated rings. The van der Waals surface area contributed by atoms with E-state index in [1.807, 2.05) is 65.5 Å². The predicted molar refractivity (Wildman–Crippen MR) is 128 cm³/mol. The van der Waals surface area contributed by atoms with Gasteiger partial charge in [0.25, 0.3) is 11.8 Å². The Balaban J connectivity index is 1.42. The minimum Gasteiger partial charge on any atom is -0.481 e. The van der Waals surface area contributed by atoms with Gasteiger partial charge < -0.3 is 9.30 Å². The van der Waals surface area contributed by atoms with Crippen molar-refractivity contribution >= 4 is 50.2 Å². The number of hydrogen-bond acceptors (Lipinski definition) is 4. The monoisotopic (exact) mass is 524 g/mol. The van der Waals surface area contributed by atoms with Crippen LogP contribution in [0.3, 0.4) is 0 Å². The number of methoxy groups -OCH3 is 1. The number of amides is 2. The van der Waals surface area contributed by atoms with Crippen LogP contribution in [-0.4, -0.2) is 38.9 Å². The molecule has 33 heavy (non-hydrogen) atoms. The van der Waals surface area contributed by atoms with Crippen molar-refractivity contribution in [3.8, 4) is 11.6 Å². The summed E-state index contributed by atoms with van der Waals surface area (Å²) < 4.78 is 8.31. The van der Waals surface area contributed by atoms with Crippen LogP contribution in [0.2, 0.25) is 0 Å².